The number of aliphatic hydroxyl groups is 1. The predicted octanol–water partition coefficient (Wildman–Crippen LogP) is 4.77. The molecule has 2 N–H and O–H groups in total. The molecule has 9 nitrogen and oxygen atoms in total. The normalized spacial score (nSPS) is 17.4. The van der Waals surface area contributed by atoms with Gasteiger partial charge in [0.25, 0.3) is 5.56 Å². The summed E-state index contributed by atoms with van der Waals surface area (Å²) < 4.78 is 6.95. The smallest absolute Gasteiger partial charge is 0.343 e. The van der Waals surface area contributed by atoms with Gasteiger partial charge >= 0.3 is 12.0 Å². The number of aromatic nitrogens is 2. The van der Waals surface area contributed by atoms with E-state index in [1.807, 2.05) is 32.0 Å². The number of fused-ring (bicyclic) bond motifs is 5. The summed E-state index contributed by atoms with van der Waals surface area (Å²) in [5.74, 6) is -0.716. The Morgan fingerprint density at radius 1 is 1.14 bits per heavy atom. The minimum Gasteiger partial charge on any atom is -0.458 e. The molecule has 0 fully saturated rings. The molecule has 0 aliphatic carbocycles. The van der Waals surface area contributed by atoms with E-state index in [2.05, 4.69) is 24.5 Å². The number of rotatable bonds is 10. The summed E-state index contributed by atoms with van der Waals surface area (Å²) in [4.78, 5) is 45.3. The van der Waals surface area contributed by atoms with Crippen LogP contribution in [0.15, 0.2) is 35.1 Å². The molecule has 0 saturated heterocycles. The lowest BCUT2D eigenvalue weighted by Crippen LogP contribution is -2.44. The second-order valence-electron chi connectivity index (χ2n) is 12.2. The molecule has 2 aliphatic rings. The number of para-hydroxylation sites is 1. The van der Waals surface area contributed by atoms with E-state index in [4.69, 9.17) is 9.72 Å². The summed E-state index contributed by atoms with van der Waals surface area (Å²) in [6, 6.07) is 12.1. The number of aryl methyl sites for hydroxylation is 1. The molecule has 0 radical (unpaired) electrons. The zero-order chi connectivity index (χ0) is 30.2. The average molecular weight is 591 g/mol. The molecule has 0 spiro atoms. The van der Waals surface area contributed by atoms with E-state index in [1.165, 1.54) is 5.56 Å². The fourth-order valence-electron chi connectivity index (χ4n) is 6.37. The number of amides is 2. The Hall–Kier alpha value is -3.50. The molecule has 1 atom stereocenters. The number of nitrogens with one attached hydrogen (secondary N) is 1. The zero-order valence-electron chi connectivity index (χ0n) is 25.4. The maximum atomic E-state index is 13.7. The molecular weight excluding hydrogens is 548 g/mol. The zero-order valence-corrected chi connectivity index (χ0v) is 26.4. The van der Waals surface area contributed by atoms with Crippen molar-refractivity contribution in [1.82, 2.24) is 19.8 Å². The van der Waals surface area contributed by atoms with E-state index in [0.29, 0.717) is 43.0 Å². The minimum absolute atomic E-state index is 0.00286. The summed E-state index contributed by atoms with van der Waals surface area (Å²) in [5, 5.41) is 15.4. The fraction of sp³-hybridized carbons (Fsp3) is 0.500. The van der Waals surface area contributed by atoms with Gasteiger partial charge in [-0.05, 0) is 50.8 Å². The first-order valence-electron chi connectivity index (χ1n) is 15.1. The molecule has 5 rings (SSSR count). The number of esters is 1. The Kier molecular flexibility index (Phi) is 8.31. The third-order valence-electron chi connectivity index (χ3n) is 9.12. The molecule has 3 aromatic rings. The Morgan fingerprint density at radius 3 is 2.60 bits per heavy atom. The number of hydrogen-bond acceptors (Lipinski definition) is 6. The summed E-state index contributed by atoms with van der Waals surface area (Å²) in [5.41, 5.74) is 3.10. The quantitative estimate of drug-likeness (QED) is 0.156. The van der Waals surface area contributed by atoms with Crippen molar-refractivity contribution in [3.05, 3.63) is 62.9 Å². The number of ether oxygens (including phenoxy) is 1. The summed E-state index contributed by atoms with van der Waals surface area (Å²) in [6.45, 7) is 12.8. The van der Waals surface area contributed by atoms with Gasteiger partial charge in [0, 0.05) is 44.2 Å². The van der Waals surface area contributed by atoms with E-state index >= 15 is 0 Å². The molecular formula is C32H42N4O5Si. The van der Waals surface area contributed by atoms with Crippen LogP contribution in [0.3, 0.4) is 0 Å². The van der Waals surface area contributed by atoms with Gasteiger partial charge in [-0.15, -0.1) is 0 Å². The van der Waals surface area contributed by atoms with E-state index in [-0.39, 0.29) is 24.6 Å². The summed E-state index contributed by atoms with van der Waals surface area (Å²) >= 11 is 0. The molecule has 2 aliphatic heterocycles. The highest BCUT2D eigenvalue weighted by Gasteiger charge is 2.45. The summed E-state index contributed by atoms with van der Waals surface area (Å²) in [7, 11) is -1.61. The number of urea groups is 1. The Labute approximate surface area is 247 Å². The number of cyclic esters (lactones) is 1. The van der Waals surface area contributed by atoms with Gasteiger partial charge in [-0.3, -0.25) is 4.79 Å². The highest BCUT2D eigenvalue weighted by atomic mass is 28.3. The van der Waals surface area contributed by atoms with Crippen molar-refractivity contribution in [1.29, 1.82) is 0 Å². The lowest BCUT2D eigenvalue weighted by Gasteiger charge is -2.31. The van der Waals surface area contributed by atoms with Crippen LogP contribution in [0.2, 0.25) is 25.2 Å². The largest absolute Gasteiger partial charge is 0.458 e. The average Bonchev–Trinajstić information content (AvgIpc) is 3.35. The number of pyridine rings is 2. The second kappa shape index (κ2) is 11.6. The predicted molar refractivity (Wildman–Crippen MR) is 166 cm³/mol. The van der Waals surface area contributed by atoms with Gasteiger partial charge in [0.1, 0.15) is 6.61 Å². The molecule has 0 unspecified atom stereocenters. The topological polar surface area (TPSA) is 114 Å². The van der Waals surface area contributed by atoms with Gasteiger partial charge in [0.05, 0.1) is 29.0 Å². The maximum Gasteiger partial charge on any atom is 0.343 e. The van der Waals surface area contributed by atoms with Gasteiger partial charge in [-0.2, -0.15) is 0 Å². The fourth-order valence-corrected chi connectivity index (χ4v) is 8.68. The molecule has 1 aromatic carbocycles. The highest BCUT2D eigenvalue weighted by molar-refractivity contribution is 6.77. The van der Waals surface area contributed by atoms with Crippen LogP contribution < -0.4 is 10.9 Å². The van der Waals surface area contributed by atoms with E-state index < -0.39 is 19.6 Å². The van der Waals surface area contributed by atoms with Crippen LogP contribution in [0.25, 0.3) is 22.3 Å². The molecule has 4 heterocycles. The monoisotopic (exact) mass is 590 g/mol. The molecule has 0 bridgehead atoms. The third kappa shape index (κ3) is 5.26. The molecule has 224 valence electrons. The highest BCUT2D eigenvalue weighted by Crippen LogP contribution is 2.40. The Morgan fingerprint density at radius 2 is 1.88 bits per heavy atom. The lowest BCUT2D eigenvalue weighted by molar-refractivity contribution is -0.172. The standard InChI is InChI=1S/C32H42N4O5Si/c1-6-32(40)25-18-27-28-23(19-36(27)29(37)24(25)20-41-30(32)38)21(22-12-9-10-13-26(22)34-28)14-17-42(4,5)16-11-15-33-31(39)35(7-2)8-3/h9-10,12-13,18,40H,6-8,11,14-17,19-20H2,1-5H3,(H,33,39)/t32-/m0/s1. The van der Waals surface area contributed by atoms with Crippen LogP contribution in [0.4, 0.5) is 4.79 Å². The van der Waals surface area contributed by atoms with Gasteiger partial charge in [-0.1, -0.05) is 50.3 Å². The maximum absolute atomic E-state index is 13.7. The molecule has 0 saturated carbocycles. The van der Waals surface area contributed by atoms with Crippen molar-refractivity contribution in [3.8, 4) is 11.4 Å². The first-order valence-corrected chi connectivity index (χ1v) is 18.6. The number of hydrogen-bond donors (Lipinski definition) is 2. The van der Waals surface area contributed by atoms with E-state index in [0.717, 1.165) is 47.1 Å². The van der Waals surface area contributed by atoms with Crippen LogP contribution in [-0.2, 0) is 34.7 Å². The molecule has 2 amide bonds. The van der Waals surface area contributed by atoms with E-state index in [9.17, 15) is 19.5 Å². The van der Waals surface area contributed by atoms with Crippen molar-refractivity contribution in [2.45, 2.75) is 84.0 Å². The third-order valence-corrected chi connectivity index (χ3v) is 12.4. The molecule has 2 aromatic heterocycles. The molecule has 10 heteroatoms. The van der Waals surface area contributed by atoms with Crippen molar-refractivity contribution in [2.75, 3.05) is 19.6 Å². The first kappa shape index (κ1) is 30.0. The van der Waals surface area contributed by atoms with Gasteiger partial charge in [-0.25, -0.2) is 14.6 Å². The number of benzene rings is 1. The van der Waals surface area contributed by atoms with Crippen molar-refractivity contribution in [2.24, 2.45) is 0 Å². The van der Waals surface area contributed by atoms with Crippen molar-refractivity contribution >= 4 is 31.0 Å². The Bertz CT molecular complexity index is 1600. The van der Waals surface area contributed by atoms with Crippen molar-refractivity contribution < 1.29 is 19.4 Å². The van der Waals surface area contributed by atoms with Gasteiger partial charge in [0.15, 0.2) is 5.60 Å². The molecule has 42 heavy (non-hydrogen) atoms. The second-order valence-corrected chi connectivity index (χ2v) is 17.5. The number of nitrogens with zero attached hydrogens (tertiary/aromatic N) is 3. The lowest BCUT2D eigenvalue weighted by atomic mass is 9.86. The number of carbonyl (C=O) groups is 2. The van der Waals surface area contributed by atoms with Crippen LogP contribution in [0, 0.1) is 0 Å². The number of carbonyl (C=O) groups excluding carboxylic acids is 2. The summed E-state index contributed by atoms with van der Waals surface area (Å²) in [6.07, 6.45) is 1.94. The van der Waals surface area contributed by atoms with Crippen LogP contribution >= 0.6 is 0 Å². The minimum atomic E-state index is -1.84. The van der Waals surface area contributed by atoms with Gasteiger partial charge in [0.2, 0.25) is 0 Å². The first-order chi connectivity index (χ1) is 20.0. The van der Waals surface area contributed by atoms with E-state index in [1.54, 1.807) is 22.5 Å². The van der Waals surface area contributed by atoms with Crippen LogP contribution in [0.5, 0.6) is 0 Å². The SMILES string of the molecule is CCN(CC)C(=O)NCCC[Si](C)(C)CCc1c2c(nc3ccccc13)-c1cc3c(c(=O)n1C2)COC(=O)[C@]3(O)CC. The Balaban J connectivity index is 1.42. The van der Waals surface area contributed by atoms with Gasteiger partial charge < -0.3 is 24.6 Å². The van der Waals surface area contributed by atoms with Crippen LogP contribution in [0.1, 0.15) is 55.9 Å². The van der Waals surface area contributed by atoms with Crippen LogP contribution in [-0.4, -0.2) is 59.3 Å². The van der Waals surface area contributed by atoms with Crippen molar-refractivity contribution in [3.63, 3.8) is 0 Å².